The van der Waals surface area contributed by atoms with E-state index in [9.17, 15) is 45.2 Å². The van der Waals surface area contributed by atoms with Gasteiger partial charge in [-0.05, 0) is 48.2 Å². The zero-order valence-corrected chi connectivity index (χ0v) is 20.4. The van der Waals surface area contributed by atoms with Crippen molar-refractivity contribution in [2.24, 2.45) is 0 Å². The number of nitrogens with zero attached hydrogens (tertiary/aromatic N) is 2. The number of pyridine rings is 1. The zero-order chi connectivity index (χ0) is 28.7. The molecule has 202 valence electrons. The first-order chi connectivity index (χ1) is 18.2. The fraction of sp³-hybridized carbons (Fsp3) is 0.154. The Morgan fingerprint density at radius 2 is 1.67 bits per heavy atom. The predicted molar refractivity (Wildman–Crippen MR) is 126 cm³/mol. The molecule has 0 amide bonds. The minimum Gasteiger partial charge on any atom is -0.462 e. The van der Waals surface area contributed by atoms with Gasteiger partial charge >= 0.3 is 12.4 Å². The summed E-state index contributed by atoms with van der Waals surface area (Å²) in [5.74, 6) is -2.40. The fourth-order valence-corrected chi connectivity index (χ4v) is 4.32. The highest BCUT2D eigenvalue weighted by atomic mass is 32.2. The lowest BCUT2D eigenvalue weighted by molar-refractivity contribution is -0.138. The first-order valence-electron chi connectivity index (χ1n) is 10.8. The molecule has 2 aromatic carbocycles. The Morgan fingerprint density at radius 3 is 2.26 bits per heavy atom. The van der Waals surface area contributed by atoms with E-state index in [0.717, 1.165) is 48.4 Å². The van der Waals surface area contributed by atoms with Gasteiger partial charge in [0, 0.05) is 22.1 Å². The molecule has 0 atom stereocenters. The molecule has 0 fully saturated rings. The number of benzene rings is 2. The molecule has 0 aliphatic heterocycles. The number of furan rings is 1. The van der Waals surface area contributed by atoms with Crippen LogP contribution in [0.15, 0.2) is 68.9 Å². The van der Waals surface area contributed by atoms with Crippen LogP contribution in [0.1, 0.15) is 22.3 Å². The van der Waals surface area contributed by atoms with Gasteiger partial charge in [0.15, 0.2) is 5.76 Å². The van der Waals surface area contributed by atoms with E-state index in [1.807, 2.05) is 0 Å². The van der Waals surface area contributed by atoms with Crippen LogP contribution in [0.2, 0.25) is 0 Å². The molecule has 0 saturated carbocycles. The van der Waals surface area contributed by atoms with Crippen molar-refractivity contribution in [3.05, 3.63) is 99.0 Å². The molecule has 0 radical (unpaired) electrons. The lowest BCUT2D eigenvalue weighted by atomic mass is 10.0. The third kappa shape index (κ3) is 5.70. The van der Waals surface area contributed by atoms with Crippen molar-refractivity contribution in [1.29, 1.82) is 5.26 Å². The largest absolute Gasteiger partial charge is 0.462 e. The van der Waals surface area contributed by atoms with Crippen molar-refractivity contribution in [3.8, 4) is 28.7 Å². The summed E-state index contributed by atoms with van der Waals surface area (Å²) in [6.45, 7) is -0.705. The molecule has 0 bridgehead atoms. The van der Waals surface area contributed by atoms with Crippen LogP contribution in [-0.2, 0) is 18.9 Å². The summed E-state index contributed by atoms with van der Waals surface area (Å²) in [6, 6.07) is 8.34. The van der Waals surface area contributed by atoms with Crippen LogP contribution in [0.3, 0.4) is 0 Å². The third-order valence-electron chi connectivity index (χ3n) is 5.72. The van der Waals surface area contributed by atoms with E-state index < -0.39 is 58.5 Å². The van der Waals surface area contributed by atoms with E-state index in [2.05, 4.69) is 0 Å². The van der Waals surface area contributed by atoms with Gasteiger partial charge in [-0.1, -0.05) is 6.07 Å². The summed E-state index contributed by atoms with van der Waals surface area (Å²) in [4.78, 5) is 13.3. The third-order valence-corrected chi connectivity index (χ3v) is 6.42. The van der Waals surface area contributed by atoms with Gasteiger partial charge in [0.25, 0.3) is 5.56 Å². The summed E-state index contributed by atoms with van der Waals surface area (Å²) in [6.07, 6.45) is -7.26. The number of rotatable bonds is 5. The fourth-order valence-electron chi connectivity index (χ4n) is 3.83. The standard InChI is InChI=1S/C26H14F8N2O2S/c1-39-18-5-14(4-16(7-18)25(29,30)31)15-6-23(38-12-15)22-9-20(26(32,33)34)19(10-35)24(37)36(22)11-13-2-3-17(27)8-21(13)28/h2-9,12H,11H2,1H3. The molecule has 0 aliphatic carbocycles. The highest BCUT2D eigenvalue weighted by Gasteiger charge is 2.37. The van der Waals surface area contributed by atoms with Crippen LogP contribution in [0.4, 0.5) is 35.1 Å². The van der Waals surface area contributed by atoms with Crippen molar-refractivity contribution >= 4 is 11.8 Å². The number of hydrogen-bond acceptors (Lipinski definition) is 4. The molecule has 0 N–H and O–H groups in total. The second-order valence-electron chi connectivity index (χ2n) is 8.20. The van der Waals surface area contributed by atoms with Crippen LogP contribution in [0.25, 0.3) is 22.6 Å². The van der Waals surface area contributed by atoms with E-state index >= 15 is 0 Å². The van der Waals surface area contributed by atoms with E-state index in [4.69, 9.17) is 4.42 Å². The number of halogens is 8. The number of thioether (sulfide) groups is 1. The van der Waals surface area contributed by atoms with Crippen molar-refractivity contribution in [3.63, 3.8) is 0 Å². The molecule has 0 aliphatic rings. The van der Waals surface area contributed by atoms with Gasteiger partial charge in [-0.3, -0.25) is 9.36 Å². The second-order valence-corrected chi connectivity index (χ2v) is 9.08. The monoisotopic (exact) mass is 570 g/mol. The molecule has 0 saturated heterocycles. The maximum atomic E-state index is 14.4. The number of aromatic nitrogens is 1. The Balaban J connectivity index is 1.94. The quantitative estimate of drug-likeness (QED) is 0.182. The van der Waals surface area contributed by atoms with Crippen LogP contribution >= 0.6 is 11.8 Å². The average molecular weight is 570 g/mol. The Labute approximate surface area is 219 Å². The van der Waals surface area contributed by atoms with E-state index in [-0.39, 0.29) is 27.3 Å². The van der Waals surface area contributed by atoms with Gasteiger partial charge in [-0.2, -0.15) is 31.6 Å². The summed E-state index contributed by atoms with van der Waals surface area (Å²) >= 11 is 1.03. The van der Waals surface area contributed by atoms with Crippen molar-refractivity contribution in [1.82, 2.24) is 4.57 Å². The Morgan fingerprint density at radius 1 is 0.949 bits per heavy atom. The lowest BCUT2D eigenvalue weighted by Crippen LogP contribution is -2.29. The van der Waals surface area contributed by atoms with Gasteiger partial charge in [-0.15, -0.1) is 11.8 Å². The molecule has 13 heteroatoms. The Bertz CT molecular complexity index is 1660. The number of alkyl halides is 6. The van der Waals surface area contributed by atoms with Crippen molar-refractivity contribution < 1.29 is 39.5 Å². The minimum atomic E-state index is -5.14. The highest BCUT2D eigenvalue weighted by molar-refractivity contribution is 7.98. The highest BCUT2D eigenvalue weighted by Crippen LogP contribution is 2.38. The average Bonchev–Trinajstić information content (AvgIpc) is 3.35. The molecule has 2 heterocycles. The number of nitriles is 1. The topological polar surface area (TPSA) is 58.9 Å². The summed E-state index contributed by atoms with van der Waals surface area (Å²) in [5, 5.41) is 9.30. The molecule has 4 rings (SSSR count). The van der Waals surface area contributed by atoms with Gasteiger partial charge in [0.2, 0.25) is 0 Å². The van der Waals surface area contributed by atoms with E-state index in [1.54, 1.807) is 6.26 Å². The molecule has 4 nitrogen and oxygen atoms in total. The maximum absolute atomic E-state index is 14.4. The van der Waals surface area contributed by atoms with E-state index in [1.165, 1.54) is 12.1 Å². The molecule has 0 spiro atoms. The summed E-state index contributed by atoms with van der Waals surface area (Å²) in [5.41, 5.74) is -5.95. The molecule has 2 aromatic heterocycles. The normalized spacial score (nSPS) is 12.0. The Hall–Kier alpha value is -4.05. The van der Waals surface area contributed by atoms with Crippen LogP contribution < -0.4 is 5.56 Å². The first kappa shape index (κ1) is 28.0. The predicted octanol–water partition coefficient (Wildman–Crippen LogP) is 7.73. The molecular formula is C26H14F8N2O2S. The summed E-state index contributed by atoms with van der Waals surface area (Å²) in [7, 11) is 0. The van der Waals surface area contributed by atoms with E-state index in [0.29, 0.717) is 16.7 Å². The van der Waals surface area contributed by atoms with Gasteiger partial charge in [0.05, 0.1) is 29.6 Å². The van der Waals surface area contributed by atoms with Gasteiger partial charge < -0.3 is 4.42 Å². The molecule has 4 aromatic rings. The van der Waals surface area contributed by atoms with Gasteiger partial charge in [-0.25, -0.2) is 8.78 Å². The Kier molecular flexibility index (Phi) is 7.36. The molecular weight excluding hydrogens is 556 g/mol. The summed E-state index contributed by atoms with van der Waals surface area (Å²) < 4.78 is 115. The maximum Gasteiger partial charge on any atom is 0.417 e. The minimum absolute atomic E-state index is 0.0346. The first-order valence-corrected chi connectivity index (χ1v) is 12.0. The molecule has 0 unspecified atom stereocenters. The van der Waals surface area contributed by atoms with Crippen molar-refractivity contribution in [2.75, 3.05) is 6.26 Å². The SMILES string of the molecule is CSc1cc(-c2coc(-c3cc(C(F)(F)F)c(C#N)c(=O)n3Cc3ccc(F)cc3F)c2)cc(C(F)(F)F)c1. The van der Waals surface area contributed by atoms with Crippen LogP contribution in [-0.4, -0.2) is 10.8 Å². The zero-order valence-electron chi connectivity index (χ0n) is 19.5. The second kappa shape index (κ2) is 10.3. The van der Waals surface area contributed by atoms with Crippen LogP contribution in [0.5, 0.6) is 0 Å². The lowest BCUT2D eigenvalue weighted by Gasteiger charge is -2.16. The number of hydrogen-bond donors (Lipinski definition) is 0. The molecule has 39 heavy (non-hydrogen) atoms. The van der Waals surface area contributed by atoms with Crippen LogP contribution in [0, 0.1) is 23.0 Å². The smallest absolute Gasteiger partial charge is 0.417 e. The van der Waals surface area contributed by atoms with Crippen molar-refractivity contribution in [2.45, 2.75) is 23.8 Å². The van der Waals surface area contributed by atoms with Gasteiger partial charge in [0.1, 0.15) is 23.3 Å².